The van der Waals surface area contributed by atoms with Crippen LogP contribution in [-0.4, -0.2) is 45.3 Å². The zero-order valence-electron chi connectivity index (χ0n) is 13.8. The fourth-order valence-electron chi connectivity index (χ4n) is 3.49. The quantitative estimate of drug-likeness (QED) is 0.861. The number of morpholine rings is 1. The van der Waals surface area contributed by atoms with Crippen molar-refractivity contribution < 1.29 is 9.53 Å². The summed E-state index contributed by atoms with van der Waals surface area (Å²) in [6, 6.07) is 10.2. The normalized spacial score (nSPS) is 22.4. The zero-order valence-corrected chi connectivity index (χ0v) is 13.8. The molecule has 1 saturated heterocycles. The zero-order chi connectivity index (χ0) is 16.5. The summed E-state index contributed by atoms with van der Waals surface area (Å²) in [5.74, 6) is 1.45. The highest BCUT2D eigenvalue weighted by atomic mass is 16.5. The first-order valence-corrected chi connectivity index (χ1v) is 8.53. The lowest BCUT2D eigenvalue weighted by molar-refractivity contribution is -0.141. The predicted octanol–water partition coefficient (Wildman–Crippen LogP) is 1.91. The lowest BCUT2D eigenvalue weighted by Gasteiger charge is -2.34. The van der Waals surface area contributed by atoms with Crippen molar-refractivity contribution in [1.82, 2.24) is 19.7 Å². The lowest BCUT2D eigenvalue weighted by atomic mass is 9.92. The Labute approximate surface area is 141 Å². The fraction of sp³-hybridized carbons (Fsp3) is 0.500. The molecule has 0 unspecified atom stereocenters. The number of nitrogens with zero attached hydrogens (tertiary/aromatic N) is 4. The van der Waals surface area contributed by atoms with Gasteiger partial charge < -0.3 is 14.2 Å². The molecule has 1 aliphatic carbocycles. The van der Waals surface area contributed by atoms with Crippen molar-refractivity contribution in [3.63, 3.8) is 0 Å². The van der Waals surface area contributed by atoms with Gasteiger partial charge in [-0.05, 0) is 24.3 Å². The van der Waals surface area contributed by atoms with Gasteiger partial charge in [-0.2, -0.15) is 0 Å². The number of hydrogen-bond acceptors (Lipinski definition) is 4. The van der Waals surface area contributed by atoms with E-state index in [1.54, 1.807) is 6.33 Å². The van der Waals surface area contributed by atoms with E-state index in [1.807, 2.05) is 34.7 Å². The lowest BCUT2D eigenvalue weighted by Crippen LogP contribution is -2.45. The van der Waals surface area contributed by atoms with Crippen LogP contribution < -0.4 is 0 Å². The van der Waals surface area contributed by atoms with Crippen LogP contribution in [0.3, 0.4) is 0 Å². The summed E-state index contributed by atoms with van der Waals surface area (Å²) in [6.07, 6.45) is 3.74. The highest BCUT2D eigenvalue weighted by Crippen LogP contribution is 2.44. The van der Waals surface area contributed by atoms with Crippen molar-refractivity contribution in [3.8, 4) is 0 Å². The Balaban J connectivity index is 1.53. The molecule has 0 N–H and O–H groups in total. The van der Waals surface area contributed by atoms with Gasteiger partial charge in [0.15, 0.2) is 5.82 Å². The van der Waals surface area contributed by atoms with E-state index in [1.165, 1.54) is 0 Å². The number of amides is 1. The van der Waals surface area contributed by atoms with Crippen molar-refractivity contribution in [2.45, 2.75) is 24.9 Å². The van der Waals surface area contributed by atoms with Gasteiger partial charge >= 0.3 is 0 Å². The van der Waals surface area contributed by atoms with E-state index in [-0.39, 0.29) is 17.9 Å². The number of benzene rings is 1. The van der Waals surface area contributed by atoms with Gasteiger partial charge in [-0.25, -0.2) is 0 Å². The molecule has 2 aromatic rings. The summed E-state index contributed by atoms with van der Waals surface area (Å²) in [7, 11) is 1.90. The smallest absolute Gasteiger partial charge is 0.230 e. The average molecular weight is 326 g/mol. The van der Waals surface area contributed by atoms with Gasteiger partial charge in [0.1, 0.15) is 12.4 Å². The second kappa shape index (κ2) is 6.36. The minimum Gasteiger partial charge on any atom is -0.366 e. The molecular weight excluding hydrogens is 304 g/mol. The van der Waals surface area contributed by atoms with Crippen LogP contribution in [0.15, 0.2) is 36.7 Å². The third kappa shape index (κ3) is 2.94. The van der Waals surface area contributed by atoms with Crippen LogP contribution in [0.4, 0.5) is 0 Å². The molecule has 2 heterocycles. The minimum atomic E-state index is -0.203. The minimum absolute atomic E-state index is 0.0237. The molecule has 0 spiro atoms. The number of aryl methyl sites for hydroxylation is 1. The molecule has 0 bridgehead atoms. The molecule has 1 saturated carbocycles. The van der Waals surface area contributed by atoms with Gasteiger partial charge in [-0.3, -0.25) is 4.79 Å². The molecule has 2 aliphatic rings. The molecule has 6 heteroatoms. The Morgan fingerprint density at radius 2 is 2.08 bits per heavy atom. The summed E-state index contributed by atoms with van der Waals surface area (Å²) in [4.78, 5) is 15.2. The van der Waals surface area contributed by atoms with Crippen LogP contribution in [0.1, 0.15) is 36.3 Å². The van der Waals surface area contributed by atoms with Gasteiger partial charge in [-0.1, -0.05) is 30.3 Å². The highest BCUT2D eigenvalue weighted by Gasteiger charge is 2.40. The van der Waals surface area contributed by atoms with Crippen molar-refractivity contribution >= 4 is 5.91 Å². The van der Waals surface area contributed by atoms with Gasteiger partial charge in [0.25, 0.3) is 0 Å². The van der Waals surface area contributed by atoms with Crippen LogP contribution in [0.25, 0.3) is 0 Å². The number of aromatic nitrogens is 3. The van der Waals surface area contributed by atoms with E-state index < -0.39 is 0 Å². The molecule has 0 radical (unpaired) electrons. The Kier molecular flexibility index (Phi) is 4.06. The summed E-state index contributed by atoms with van der Waals surface area (Å²) < 4.78 is 7.68. The van der Waals surface area contributed by atoms with Crippen molar-refractivity contribution in [2.24, 2.45) is 13.0 Å². The Bertz CT molecular complexity index is 711. The molecule has 6 nitrogen and oxygen atoms in total. The van der Waals surface area contributed by atoms with Crippen LogP contribution >= 0.6 is 0 Å². The first kappa shape index (κ1) is 15.3. The van der Waals surface area contributed by atoms with Crippen LogP contribution in [-0.2, 0) is 16.6 Å². The first-order valence-electron chi connectivity index (χ1n) is 8.53. The molecule has 4 rings (SSSR count). The maximum Gasteiger partial charge on any atom is 0.230 e. The van der Waals surface area contributed by atoms with Crippen molar-refractivity contribution in [3.05, 3.63) is 48.0 Å². The fourth-order valence-corrected chi connectivity index (χ4v) is 3.49. The molecule has 1 aromatic heterocycles. The molecule has 1 amide bonds. The topological polar surface area (TPSA) is 60.2 Å². The molecule has 2 fully saturated rings. The van der Waals surface area contributed by atoms with E-state index in [2.05, 4.69) is 22.3 Å². The van der Waals surface area contributed by atoms with Crippen molar-refractivity contribution in [2.75, 3.05) is 19.7 Å². The van der Waals surface area contributed by atoms with E-state index in [9.17, 15) is 4.79 Å². The SMILES string of the molecule is Cn1cnnc1[C@@H]1CN(C(=O)[C@H](c2ccccc2)C2CC2)CCO1. The molecule has 1 aliphatic heterocycles. The van der Waals surface area contributed by atoms with Gasteiger partial charge in [0.2, 0.25) is 5.91 Å². The molecule has 24 heavy (non-hydrogen) atoms. The summed E-state index contributed by atoms with van der Waals surface area (Å²) in [5.41, 5.74) is 1.13. The van der Waals surface area contributed by atoms with Gasteiger partial charge in [0, 0.05) is 13.6 Å². The number of carbonyl (C=O) groups is 1. The Morgan fingerprint density at radius 3 is 2.75 bits per heavy atom. The van der Waals surface area contributed by atoms with Gasteiger partial charge in [0.05, 0.1) is 19.1 Å². The average Bonchev–Trinajstić information content (AvgIpc) is 3.36. The summed E-state index contributed by atoms with van der Waals surface area (Å²) in [6.45, 7) is 1.72. The Morgan fingerprint density at radius 1 is 1.29 bits per heavy atom. The van der Waals surface area contributed by atoms with Crippen LogP contribution in [0, 0.1) is 5.92 Å². The van der Waals surface area contributed by atoms with E-state index in [0.717, 1.165) is 24.2 Å². The number of ether oxygens (including phenoxy) is 1. The molecule has 126 valence electrons. The first-order chi connectivity index (χ1) is 11.7. The Hall–Kier alpha value is -2.21. The number of carbonyl (C=O) groups excluding carboxylic acids is 1. The van der Waals surface area contributed by atoms with E-state index >= 15 is 0 Å². The highest BCUT2D eigenvalue weighted by molar-refractivity contribution is 5.84. The molecule has 2 atom stereocenters. The van der Waals surface area contributed by atoms with Crippen molar-refractivity contribution in [1.29, 1.82) is 0 Å². The second-order valence-corrected chi connectivity index (χ2v) is 6.67. The maximum atomic E-state index is 13.2. The monoisotopic (exact) mass is 326 g/mol. The maximum absolute atomic E-state index is 13.2. The third-order valence-corrected chi connectivity index (χ3v) is 4.93. The standard InChI is InChI=1S/C18H22N4O2/c1-21-12-19-20-17(21)15-11-22(9-10-24-15)18(23)16(14-7-8-14)13-5-3-2-4-6-13/h2-6,12,14-16H,7-11H2,1H3/t15-,16+/m0/s1. The third-order valence-electron chi connectivity index (χ3n) is 4.93. The van der Waals surface area contributed by atoms with Gasteiger partial charge in [-0.15, -0.1) is 10.2 Å². The number of hydrogen-bond donors (Lipinski definition) is 0. The van der Waals surface area contributed by atoms with Crippen LogP contribution in [0.2, 0.25) is 0 Å². The summed E-state index contributed by atoms with van der Waals surface area (Å²) >= 11 is 0. The summed E-state index contributed by atoms with van der Waals surface area (Å²) in [5, 5.41) is 8.05. The number of rotatable bonds is 4. The van der Waals surface area contributed by atoms with E-state index in [4.69, 9.17) is 4.74 Å². The second-order valence-electron chi connectivity index (χ2n) is 6.67. The largest absolute Gasteiger partial charge is 0.366 e. The van der Waals surface area contributed by atoms with E-state index in [0.29, 0.717) is 25.6 Å². The van der Waals surface area contributed by atoms with Crippen LogP contribution in [0.5, 0.6) is 0 Å². The molecular formula is C18H22N4O2. The molecule has 1 aromatic carbocycles. The predicted molar refractivity (Wildman–Crippen MR) is 88.2 cm³/mol.